The van der Waals surface area contributed by atoms with Gasteiger partial charge in [0.2, 0.25) is 0 Å². The Morgan fingerprint density at radius 1 is 1.02 bits per heavy atom. The lowest BCUT2D eigenvalue weighted by Gasteiger charge is -2.21. The first-order valence-electron chi connectivity index (χ1n) is 24.2. The van der Waals surface area contributed by atoms with Gasteiger partial charge in [-0.1, -0.05) is 146 Å². The number of halogens is 3. The highest BCUT2D eigenvalue weighted by atomic mass is 19.4. The second-order valence-electron chi connectivity index (χ2n) is 16.5. The Kier molecular flexibility index (Phi) is 30.7. The van der Waals surface area contributed by atoms with Gasteiger partial charge in [-0.25, -0.2) is 9.97 Å². The fourth-order valence-corrected chi connectivity index (χ4v) is 6.90. The topological polar surface area (TPSA) is 91.7 Å². The predicted molar refractivity (Wildman–Crippen MR) is 263 cm³/mol. The average Bonchev–Trinajstić information content (AvgIpc) is 3.66. The number of aryl methyl sites for hydroxylation is 1. The van der Waals surface area contributed by atoms with E-state index in [9.17, 15) is 18.0 Å². The number of ether oxygens (including phenoxy) is 2. The summed E-state index contributed by atoms with van der Waals surface area (Å²) in [5.41, 5.74) is 10.7. The van der Waals surface area contributed by atoms with Gasteiger partial charge in [-0.2, -0.15) is 13.2 Å². The van der Waals surface area contributed by atoms with Crippen LogP contribution in [0.15, 0.2) is 60.3 Å². The van der Waals surface area contributed by atoms with Crippen LogP contribution < -0.4 is 10.5 Å². The van der Waals surface area contributed by atoms with Crippen molar-refractivity contribution in [3.05, 3.63) is 77.4 Å². The van der Waals surface area contributed by atoms with Crippen LogP contribution in [-0.4, -0.2) is 46.1 Å². The third kappa shape index (κ3) is 21.1. The quantitative estimate of drug-likeness (QED) is 0.0952. The number of aromatic nitrogens is 3. The molecule has 2 unspecified atom stereocenters. The monoisotopic (exact) mass is 885 g/mol. The van der Waals surface area contributed by atoms with Crippen LogP contribution in [0.1, 0.15) is 195 Å². The lowest BCUT2D eigenvalue weighted by Crippen LogP contribution is -2.13. The van der Waals surface area contributed by atoms with Gasteiger partial charge in [-0.05, 0) is 94.8 Å². The fourth-order valence-electron chi connectivity index (χ4n) is 6.90. The number of unbranched alkanes of at least 4 members (excludes halogenated alkanes) is 1. The maximum atomic E-state index is 12.6. The SMILES string of the molecule is C=C(/C=C(\C=C/CCC)C(F)(F)F)CCC.CC.CC.CC1CCOCC1.CCCc1cnc(N)c2c(-c3ccc(C(C)=O)cc3OCC)nc(C(CCC(C)C)CC(C)CC)n12. The summed E-state index contributed by atoms with van der Waals surface area (Å²) in [5, 5.41) is 0. The molecule has 2 aromatic heterocycles. The van der Waals surface area contributed by atoms with Gasteiger partial charge in [0.15, 0.2) is 5.78 Å². The minimum absolute atomic E-state index is 0.00612. The zero-order valence-corrected chi connectivity index (χ0v) is 41.9. The number of nitrogens with zero attached hydrogens (tertiary/aromatic N) is 3. The summed E-state index contributed by atoms with van der Waals surface area (Å²) >= 11 is 0. The molecule has 0 saturated carbocycles. The van der Waals surface area contributed by atoms with Gasteiger partial charge in [0.1, 0.15) is 28.6 Å². The van der Waals surface area contributed by atoms with Gasteiger partial charge in [0.05, 0.1) is 12.2 Å². The Balaban J connectivity index is 0.00000117. The molecule has 1 aliphatic rings. The molecule has 1 saturated heterocycles. The van der Waals surface area contributed by atoms with Crippen LogP contribution in [0.4, 0.5) is 19.0 Å². The predicted octanol–water partition coefficient (Wildman–Crippen LogP) is 16.2. The largest absolute Gasteiger partial charge is 0.493 e. The fraction of sp³-hybridized carbons (Fsp3) is 0.642. The van der Waals surface area contributed by atoms with E-state index in [1.54, 1.807) is 13.0 Å². The molecule has 0 aliphatic carbocycles. The lowest BCUT2D eigenvalue weighted by atomic mass is 9.88. The number of alkyl halides is 3. The van der Waals surface area contributed by atoms with Gasteiger partial charge in [-0.3, -0.25) is 9.20 Å². The first-order chi connectivity index (χ1) is 30.0. The van der Waals surface area contributed by atoms with E-state index in [4.69, 9.17) is 20.2 Å². The number of carbonyl (C=O) groups is 1. The molecule has 1 fully saturated rings. The number of allylic oxidation sites excluding steroid dienone is 5. The van der Waals surface area contributed by atoms with Crippen LogP contribution in [0, 0.1) is 17.8 Å². The van der Waals surface area contributed by atoms with E-state index in [0.29, 0.717) is 59.9 Å². The molecule has 10 heteroatoms. The minimum atomic E-state index is -4.29. The van der Waals surface area contributed by atoms with Gasteiger partial charge >= 0.3 is 6.18 Å². The summed E-state index contributed by atoms with van der Waals surface area (Å²) in [6, 6.07) is 5.61. The smallest absolute Gasteiger partial charge is 0.416 e. The second-order valence-corrected chi connectivity index (χ2v) is 16.5. The molecule has 0 bridgehead atoms. The first-order valence-corrected chi connectivity index (χ1v) is 24.2. The van der Waals surface area contributed by atoms with Crippen molar-refractivity contribution in [2.75, 3.05) is 25.6 Å². The molecule has 0 radical (unpaired) electrons. The average molecular weight is 885 g/mol. The summed E-state index contributed by atoms with van der Waals surface area (Å²) in [5.74, 6) is 4.64. The van der Waals surface area contributed by atoms with Crippen molar-refractivity contribution in [1.82, 2.24) is 14.4 Å². The molecule has 2 atom stereocenters. The molecular formula is C53H87F3N4O3. The standard InChI is InChI=1S/C30H44N4O2.C13H19F3.C6H12O.2C2H6/c1-8-11-24-18-32-29(31)28-27(25-15-14-22(21(7)35)17-26(25)36-10-3)33-30(34(24)28)23(13-12-19(4)5)16-20(6)9-2;1-4-6-7-9-12(13(14,15)16)10-11(3)8-5-2;1-6-2-4-7-5-3-6;2*1-2/h14-15,17-20,23H,8-13,16H2,1-7H3,(H2,31,32);7,9-10H,3-6,8H2,1-2H3;6H,2-5H2,1H3;2*1-2H3/b;9-7-,12-10+;;;. The van der Waals surface area contributed by atoms with Crippen molar-refractivity contribution in [3.63, 3.8) is 0 Å². The number of Topliss-reactive ketones (excluding diaryl/α,β-unsaturated/α-hetero) is 1. The van der Waals surface area contributed by atoms with Crippen molar-refractivity contribution in [3.8, 4) is 17.0 Å². The number of benzene rings is 1. The van der Waals surface area contributed by atoms with E-state index in [1.807, 2.05) is 72.9 Å². The summed E-state index contributed by atoms with van der Waals surface area (Å²) in [4.78, 5) is 22.0. The summed E-state index contributed by atoms with van der Waals surface area (Å²) in [6.07, 6.45) is 13.2. The molecule has 0 amide bonds. The molecule has 3 aromatic rings. The maximum absolute atomic E-state index is 12.6. The summed E-state index contributed by atoms with van der Waals surface area (Å²) in [7, 11) is 0. The molecule has 358 valence electrons. The Bertz CT molecular complexity index is 1790. The van der Waals surface area contributed by atoms with Crippen molar-refractivity contribution in [1.29, 1.82) is 0 Å². The van der Waals surface area contributed by atoms with Gasteiger partial charge in [-0.15, -0.1) is 0 Å². The number of imidazole rings is 1. The summed E-state index contributed by atoms with van der Waals surface area (Å²) in [6.45, 7) is 35.1. The number of hydrogen-bond donors (Lipinski definition) is 1. The molecule has 2 N–H and O–H groups in total. The minimum Gasteiger partial charge on any atom is -0.493 e. The Hall–Kier alpha value is -3.92. The molecule has 3 heterocycles. The van der Waals surface area contributed by atoms with E-state index in [2.05, 4.69) is 57.5 Å². The van der Waals surface area contributed by atoms with E-state index in [1.165, 1.54) is 12.8 Å². The highest BCUT2D eigenvalue weighted by Gasteiger charge is 2.31. The van der Waals surface area contributed by atoms with Crippen LogP contribution in [-0.2, 0) is 11.2 Å². The second kappa shape index (κ2) is 32.7. The number of hydrogen-bond acceptors (Lipinski definition) is 6. The van der Waals surface area contributed by atoms with Crippen molar-refractivity contribution in [2.45, 2.75) is 186 Å². The molecule has 4 rings (SSSR count). The van der Waals surface area contributed by atoms with Crippen molar-refractivity contribution in [2.24, 2.45) is 17.8 Å². The van der Waals surface area contributed by atoms with Crippen LogP contribution >= 0.6 is 0 Å². The number of rotatable bonds is 19. The summed E-state index contributed by atoms with van der Waals surface area (Å²) < 4.78 is 51.2. The number of nitrogen functional groups attached to an aromatic ring is 1. The number of fused-ring (bicyclic) bond motifs is 1. The van der Waals surface area contributed by atoms with Crippen molar-refractivity contribution >= 4 is 17.1 Å². The number of ketones is 1. The molecule has 63 heavy (non-hydrogen) atoms. The van der Waals surface area contributed by atoms with E-state index >= 15 is 0 Å². The first kappa shape index (κ1) is 59.1. The maximum Gasteiger partial charge on any atom is 0.416 e. The zero-order chi connectivity index (χ0) is 48.1. The normalized spacial score (nSPS) is 14.0. The van der Waals surface area contributed by atoms with Gasteiger partial charge in [0.25, 0.3) is 0 Å². The third-order valence-corrected chi connectivity index (χ3v) is 10.6. The highest BCUT2D eigenvalue weighted by Crippen LogP contribution is 2.40. The van der Waals surface area contributed by atoms with E-state index in [-0.39, 0.29) is 5.78 Å². The lowest BCUT2D eigenvalue weighted by molar-refractivity contribution is -0.0882. The molecule has 1 aromatic carbocycles. The van der Waals surface area contributed by atoms with Crippen LogP contribution in [0.5, 0.6) is 5.75 Å². The van der Waals surface area contributed by atoms with Crippen LogP contribution in [0.25, 0.3) is 16.8 Å². The highest BCUT2D eigenvalue weighted by molar-refractivity contribution is 5.96. The Morgan fingerprint density at radius 3 is 2.16 bits per heavy atom. The number of nitrogens with two attached hydrogens (primary N) is 1. The molecular weight excluding hydrogens is 798 g/mol. The third-order valence-electron chi connectivity index (χ3n) is 10.6. The van der Waals surface area contributed by atoms with Gasteiger partial charge in [0, 0.05) is 42.1 Å². The Morgan fingerprint density at radius 2 is 1.67 bits per heavy atom. The number of carbonyl (C=O) groups excluding carboxylic acids is 1. The molecule has 1 aliphatic heterocycles. The zero-order valence-electron chi connectivity index (χ0n) is 41.9. The van der Waals surface area contributed by atoms with Crippen LogP contribution in [0.2, 0.25) is 0 Å². The molecule has 7 nitrogen and oxygen atoms in total. The van der Waals surface area contributed by atoms with Gasteiger partial charge < -0.3 is 15.2 Å². The number of anilines is 1. The Labute approximate surface area is 381 Å². The van der Waals surface area contributed by atoms with Crippen LogP contribution in [0.3, 0.4) is 0 Å². The van der Waals surface area contributed by atoms with E-state index < -0.39 is 11.7 Å². The van der Waals surface area contributed by atoms with E-state index in [0.717, 1.165) is 111 Å². The van der Waals surface area contributed by atoms with Crippen molar-refractivity contribution < 1.29 is 27.4 Å². The molecule has 0 spiro atoms.